The number of carbonyl (C=O) groups is 1. The highest BCUT2D eigenvalue weighted by Crippen LogP contribution is 2.22. The molecule has 0 unspecified atom stereocenters. The third kappa shape index (κ3) is 2.58. The minimum Gasteiger partial charge on any atom is -0.351 e. The Morgan fingerprint density at radius 2 is 1.33 bits per heavy atom. The molecule has 8 heteroatoms. The first-order chi connectivity index (χ1) is 8.41. The SMILES string of the molecule is CNCCNC(=O)c1c(F)c(F)c(F)c(F)c1F. The summed E-state index contributed by atoms with van der Waals surface area (Å²) in [6, 6.07) is 0. The number of halogens is 5. The smallest absolute Gasteiger partial charge is 0.257 e. The summed E-state index contributed by atoms with van der Waals surface area (Å²) in [5, 5.41) is 4.64. The Balaban J connectivity index is 3.13. The molecule has 0 radical (unpaired) electrons. The molecule has 0 fully saturated rings. The van der Waals surface area contributed by atoms with Crippen LogP contribution in [0.3, 0.4) is 0 Å². The van der Waals surface area contributed by atoms with E-state index in [1.54, 1.807) is 7.05 Å². The van der Waals surface area contributed by atoms with E-state index in [0.29, 0.717) is 0 Å². The zero-order chi connectivity index (χ0) is 13.9. The molecule has 0 saturated carbocycles. The van der Waals surface area contributed by atoms with E-state index in [1.165, 1.54) is 0 Å². The molecule has 0 aliphatic carbocycles. The summed E-state index contributed by atoms with van der Waals surface area (Å²) in [4.78, 5) is 11.3. The minimum atomic E-state index is -2.29. The van der Waals surface area contributed by atoms with Crippen LogP contribution in [0.4, 0.5) is 22.0 Å². The van der Waals surface area contributed by atoms with Crippen LogP contribution in [0.25, 0.3) is 0 Å². The minimum absolute atomic E-state index is 0.0190. The number of rotatable bonds is 4. The first-order valence-corrected chi connectivity index (χ1v) is 4.86. The highest BCUT2D eigenvalue weighted by atomic mass is 19.2. The van der Waals surface area contributed by atoms with Gasteiger partial charge < -0.3 is 10.6 Å². The van der Waals surface area contributed by atoms with E-state index in [9.17, 15) is 26.7 Å². The van der Waals surface area contributed by atoms with Crippen LogP contribution in [-0.2, 0) is 0 Å². The van der Waals surface area contributed by atoms with Crippen molar-refractivity contribution in [2.24, 2.45) is 0 Å². The van der Waals surface area contributed by atoms with Crippen molar-refractivity contribution in [1.82, 2.24) is 10.6 Å². The van der Waals surface area contributed by atoms with Crippen molar-refractivity contribution in [2.45, 2.75) is 0 Å². The summed E-state index contributed by atoms with van der Waals surface area (Å²) in [6.07, 6.45) is 0. The molecule has 0 heterocycles. The molecule has 100 valence electrons. The fraction of sp³-hybridized carbons (Fsp3) is 0.300. The van der Waals surface area contributed by atoms with Gasteiger partial charge in [-0.1, -0.05) is 0 Å². The maximum Gasteiger partial charge on any atom is 0.257 e. The van der Waals surface area contributed by atoms with E-state index in [4.69, 9.17) is 0 Å². The molecule has 18 heavy (non-hydrogen) atoms. The Morgan fingerprint density at radius 1 is 0.889 bits per heavy atom. The van der Waals surface area contributed by atoms with Crippen molar-refractivity contribution in [1.29, 1.82) is 0 Å². The summed E-state index contributed by atoms with van der Waals surface area (Å²) in [6.45, 7) is 0.260. The molecule has 0 atom stereocenters. The van der Waals surface area contributed by atoms with Crippen molar-refractivity contribution in [3.8, 4) is 0 Å². The van der Waals surface area contributed by atoms with Crippen molar-refractivity contribution < 1.29 is 26.7 Å². The molecule has 0 bridgehead atoms. The van der Waals surface area contributed by atoms with Gasteiger partial charge in [0.15, 0.2) is 23.3 Å². The quantitative estimate of drug-likeness (QED) is 0.374. The normalized spacial score (nSPS) is 10.6. The fourth-order valence-electron chi connectivity index (χ4n) is 1.19. The highest BCUT2D eigenvalue weighted by molar-refractivity contribution is 5.94. The predicted octanol–water partition coefficient (Wildman–Crippen LogP) is 1.33. The van der Waals surface area contributed by atoms with E-state index in [2.05, 4.69) is 5.32 Å². The third-order valence-electron chi connectivity index (χ3n) is 2.10. The van der Waals surface area contributed by atoms with Crippen LogP contribution in [0.5, 0.6) is 0 Å². The molecule has 0 aromatic heterocycles. The Labute approximate surface area is 99.0 Å². The number of hydrogen-bond acceptors (Lipinski definition) is 2. The maximum atomic E-state index is 13.2. The molecule has 3 nitrogen and oxygen atoms in total. The Hall–Kier alpha value is -1.70. The molecule has 0 saturated heterocycles. The average Bonchev–Trinajstić information content (AvgIpc) is 2.34. The lowest BCUT2D eigenvalue weighted by molar-refractivity contribution is 0.0942. The van der Waals surface area contributed by atoms with Gasteiger partial charge in [0.05, 0.1) is 0 Å². The zero-order valence-electron chi connectivity index (χ0n) is 9.21. The van der Waals surface area contributed by atoms with Gasteiger partial charge in [0, 0.05) is 13.1 Å². The van der Waals surface area contributed by atoms with Crippen molar-refractivity contribution in [2.75, 3.05) is 20.1 Å². The fourth-order valence-corrected chi connectivity index (χ4v) is 1.19. The lowest BCUT2D eigenvalue weighted by atomic mass is 10.1. The summed E-state index contributed by atoms with van der Waals surface area (Å²) in [5.41, 5.74) is -1.48. The predicted molar refractivity (Wildman–Crippen MR) is 52.5 cm³/mol. The molecule has 1 aromatic rings. The number of likely N-dealkylation sites (N-methyl/N-ethyl adjacent to an activating group) is 1. The van der Waals surface area contributed by atoms with Gasteiger partial charge in [-0.2, -0.15) is 0 Å². The van der Waals surface area contributed by atoms with Crippen LogP contribution in [0.2, 0.25) is 0 Å². The highest BCUT2D eigenvalue weighted by Gasteiger charge is 2.29. The van der Waals surface area contributed by atoms with E-state index < -0.39 is 40.6 Å². The number of hydrogen-bond donors (Lipinski definition) is 2. The molecule has 0 aliphatic rings. The summed E-state index contributed by atoms with van der Waals surface area (Å²) < 4.78 is 64.6. The second-order valence-electron chi connectivity index (χ2n) is 3.30. The average molecular weight is 268 g/mol. The van der Waals surface area contributed by atoms with Crippen molar-refractivity contribution >= 4 is 5.91 Å². The standard InChI is InChI=1S/C10H9F5N2O/c1-16-2-3-17-10(18)4-5(11)7(13)9(15)8(14)6(4)12/h16H,2-3H2,1H3,(H,17,18). The molecule has 1 aromatic carbocycles. The first-order valence-electron chi connectivity index (χ1n) is 4.86. The van der Waals surface area contributed by atoms with Gasteiger partial charge in [0.25, 0.3) is 5.91 Å². The Kier molecular flexibility index (Phi) is 4.60. The third-order valence-corrected chi connectivity index (χ3v) is 2.10. The van der Waals surface area contributed by atoms with Crippen LogP contribution in [0.1, 0.15) is 10.4 Å². The lowest BCUT2D eigenvalue weighted by Crippen LogP contribution is -2.32. The number of nitrogens with one attached hydrogen (secondary N) is 2. The van der Waals surface area contributed by atoms with Gasteiger partial charge in [-0.3, -0.25) is 4.79 Å². The van der Waals surface area contributed by atoms with E-state index in [1.807, 2.05) is 5.32 Å². The monoisotopic (exact) mass is 268 g/mol. The van der Waals surface area contributed by atoms with Crippen molar-refractivity contribution in [3.05, 3.63) is 34.6 Å². The molecule has 2 N–H and O–H groups in total. The number of amides is 1. The molecular formula is C10H9F5N2O. The Morgan fingerprint density at radius 3 is 1.78 bits per heavy atom. The van der Waals surface area contributed by atoms with Crippen LogP contribution < -0.4 is 10.6 Å². The lowest BCUT2D eigenvalue weighted by Gasteiger charge is -2.08. The van der Waals surface area contributed by atoms with E-state index >= 15 is 0 Å². The van der Waals surface area contributed by atoms with Crippen LogP contribution in [-0.4, -0.2) is 26.0 Å². The first kappa shape index (κ1) is 14.4. The Bertz CT molecular complexity index is 449. The van der Waals surface area contributed by atoms with Gasteiger partial charge in [-0.05, 0) is 7.05 Å². The number of benzene rings is 1. The molecule has 1 amide bonds. The van der Waals surface area contributed by atoms with Gasteiger partial charge in [-0.15, -0.1) is 0 Å². The largest absolute Gasteiger partial charge is 0.351 e. The van der Waals surface area contributed by atoms with Gasteiger partial charge >= 0.3 is 0 Å². The summed E-state index contributed by atoms with van der Waals surface area (Å²) in [5.74, 6) is -12.2. The molecule has 0 aliphatic heterocycles. The molecule has 1 rings (SSSR count). The van der Waals surface area contributed by atoms with E-state index in [-0.39, 0.29) is 13.1 Å². The second-order valence-corrected chi connectivity index (χ2v) is 3.30. The maximum absolute atomic E-state index is 13.2. The molecular weight excluding hydrogens is 259 g/mol. The second kappa shape index (κ2) is 5.76. The zero-order valence-corrected chi connectivity index (χ0v) is 9.21. The van der Waals surface area contributed by atoms with Gasteiger partial charge in [0.2, 0.25) is 5.82 Å². The topological polar surface area (TPSA) is 41.1 Å². The van der Waals surface area contributed by atoms with Gasteiger partial charge in [-0.25, -0.2) is 22.0 Å². The van der Waals surface area contributed by atoms with Gasteiger partial charge in [0.1, 0.15) is 5.56 Å². The van der Waals surface area contributed by atoms with Crippen LogP contribution in [0.15, 0.2) is 0 Å². The number of carbonyl (C=O) groups excluding carboxylic acids is 1. The summed E-state index contributed by atoms with van der Waals surface area (Å²) >= 11 is 0. The molecule has 0 spiro atoms. The van der Waals surface area contributed by atoms with E-state index in [0.717, 1.165) is 0 Å². The van der Waals surface area contributed by atoms with Crippen LogP contribution >= 0.6 is 0 Å². The van der Waals surface area contributed by atoms with Crippen molar-refractivity contribution in [3.63, 3.8) is 0 Å². The summed E-state index contributed by atoms with van der Waals surface area (Å²) in [7, 11) is 1.56. The van der Waals surface area contributed by atoms with Crippen LogP contribution in [0, 0.1) is 29.1 Å².